The van der Waals surface area contributed by atoms with Gasteiger partial charge < -0.3 is 19.9 Å². The van der Waals surface area contributed by atoms with Crippen LogP contribution < -0.4 is 15.1 Å². The number of methoxy groups -OCH3 is 1. The number of hydrogen-bond acceptors (Lipinski definition) is 7. The predicted molar refractivity (Wildman–Crippen MR) is 91.1 cm³/mol. The summed E-state index contributed by atoms with van der Waals surface area (Å²) in [6, 6.07) is 7.98. The summed E-state index contributed by atoms with van der Waals surface area (Å²) in [5.74, 6) is 2.64. The molecule has 0 radical (unpaired) electrons. The van der Waals surface area contributed by atoms with Crippen LogP contribution in [0.5, 0.6) is 0 Å². The van der Waals surface area contributed by atoms with Crippen molar-refractivity contribution < 1.29 is 4.74 Å². The summed E-state index contributed by atoms with van der Waals surface area (Å²) in [5.41, 5.74) is 0. The van der Waals surface area contributed by atoms with E-state index in [1.54, 1.807) is 13.3 Å². The molecular formula is C16H22N6O. The molecule has 0 bridgehead atoms. The highest BCUT2D eigenvalue weighted by Gasteiger charge is 2.19. The van der Waals surface area contributed by atoms with E-state index >= 15 is 0 Å². The van der Waals surface area contributed by atoms with Gasteiger partial charge in [-0.15, -0.1) is 0 Å². The van der Waals surface area contributed by atoms with Crippen LogP contribution in [-0.2, 0) is 4.74 Å². The molecule has 3 rings (SSSR count). The molecule has 2 aromatic heterocycles. The van der Waals surface area contributed by atoms with E-state index in [0.717, 1.165) is 37.8 Å². The fourth-order valence-electron chi connectivity index (χ4n) is 2.58. The van der Waals surface area contributed by atoms with Crippen LogP contribution in [0.3, 0.4) is 0 Å². The molecular weight excluding hydrogens is 292 g/mol. The Morgan fingerprint density at radius 1 is 1.00 bits per heavy atom. The standard InChI is InChI=1S/C16H22N6O/c1-23-13-8-19-16-18-7-5-15(20-16)22-11-9-21(10-12-22)14-4-2-3-6-17-14/h2-7H,8-13H2,1H3,(H,18,19,20). The van der Waals surface area contributed by atoms with Gasteiger partial charge in [-0.2, -0.15) is 4.98 Å². The highest BCUT2D eigenvalue weighted by atomic mass is 16.5. The van der Waals surface area contributed by atoms with E-state index in [2.05, 4.69) is 36.1 Å². The number of pyridine rings is 1. The fourth-order valence-corrected chi connectivity index (χ4v) is 2.58. The van der Waals surface area contributed by atoms with Crippen LogP contribution in [0.25, 0.3) is 0 Å². The molecule has 0 unspecified atom stereocenters. The molecule has 23 heavy (non-hydrogen) atoms. The van der Waals surface area contributed by atoms with Gasteiger partial charge in [-0.05, 0) is 18.2 Å². The maximum atomic E-state index is 5.02. The molecule has 2 aromatic rings. The van der Waals surface area contributed by atoms with Gasteiger partial charge in [0.2, 0.25) is 5.95 Å². The quantitative estimate of drug-likeness (QED) is 0.805. The smallest absolute Gasteiger partial charge is 0.224 e. The Kier molecular flexibility index (Phi) is 5.21. The van der Waals surface area contributed by atoms with Gasteiger partial charge in [0, 0.05) is 52.2 Å². The minimum absolute atomic E-state index is 0.635. The average molecular weight is 314 g/mol. The maximum absolute atomic E-state index is 5.02. The third-order valence-corrected chi connectivity index (χ3v) is 3.81. The molecule has 0 aliphatic carbocycles. The lowest BCUT2D eigenvalue weighted by atomic mass is 10.3. The van der Waals surface area contributed by atoms with Crippen molar-refractivity contribution in [1.82, 2.24) is 15.0 Å². The van der Waals surface area contributed by atoms with Crippen LogP contribution >= 0.6 is 0 Å². The van der Waals surface area contributed by atoms with Gasteiger partial charge in [-0.3, -0.25) is 0 Å². The van der Waals surface area contributed by atoms with Crippen LogP contribution in [-0.4, -0.2) is 61.4 Å². The summed E-state index contributed by atoms with van der Waals surface area (Å²) >= 11 is 0. The minimum Gasteiger partial charge on any atom is -0.383 e. The van der Waals surface area contributed by atoms with E-state index in [1.165, 1.54) is 0 Å². The zero-order chi connectivity index (χ0) is 15.9. The number of hydrogen-bond donors (Lipinski definition) is 1. The third kappa shape index (κ3) is 4.07. The number of piperazine rings is 1. The van der Waals surface area contributed by atoms with Crippen LogP contribution in [0.2, 0.25) is 0 Å². The number of nitrogens with one attached hydrogen (secondary N) is 1. The lowest BCUT2D eigenvalue weighted by Crippen LogP contribution is -2.47. The van der Waals surface area contributed by atoms with Gasteiger partial charge in [0.05, 0.1) is 6.61 Å². The first-order chi connectivity index (χ1) is 11.4. The average Bonchev–Trinajstić information content (AvgIpc) is 2.63. The Balaban J connectivity index is 1.58. The van der Waals surface area contributed by atoms with E-state index in [-0.39, 0.29) is 0 Å². The Bertz CT molecular complexity index is 601. The van der Waals surface area contributed by atoms with Crippen molar-refractivity contribution in [2.24, 2.45) is 0 Å². The van der Waals surface area contributed by atoms with E-state index in [9.17, 15) is 0 Å². The monoisotopic (exact) mass is 314 g/mol. The van der Waals surface area contributed by atoms with Crippen molar-refractivity contribution >= 4 is 17.6 Å². The summed E-state index contributed by atoms with van der Waals surface area (Å²) in [5, 5.41) is 3.17. The Hall–Kier alpha value is -2.41. The zero-order valence-electron chi connectivity index (χ0n) is 13.4. The zero-order valence-corrected chi connectivity index (χ0v) is 13.4. The number of aromatic nitrogens is 3. The Morgan fingerprint density at radius 2 is 1.78 bits per heavy atom. The largest absolute Gasteiger partial charge is 0.383 e. The van der Waals surface area contributed by atoms with Crippen molar-refractivity contribution in [3.8, 4) is 0 Å². The molecule has 122 valence electrons. The van der Waals surface area contributed by atoms with E-state index in [0.29, 0.717) is 19.1 Å². The molecule has 3 heterocycles. The Labute approximate surface area is 136 Å². The molecule has 1 saturated heterocycles. The molecule has 7 nitrogen and oxygen atoms in total. The molecule has 1 aliphatic rings. The molecule has 1 N–H and O–H groups in total. The second-order valence-corrected chi connectivity index (χ2v) is 5.32. The minimum atomic E-state index is 0.635. The van der Waals surface area contributed by atoms with Crippen molar-refractivity contribution in [3.63, 3.8) is 0 Å². The number of ether oxygens (including phenoxy) is 1. The predicted octanol–water partition coefficient (Wildman–Crippen LogP) is 1.26. The topological polar surface area (TPSA) is 66.4 Å². The summed E-state index contributed by atoms with van der Waals surface area (Å²) in [6.07, 6.45) is 3.63. The van der Waals surface area contributed by atoms with Crippen molar-refractivity contribution in [2.45, 2.75) is 0 Å². The maximum Gasteiger partial charge on any atom is 0.224 e. The molecule has 0 saturated carbocycles. The van der Waals surface area contributed by atoms with Crippen LogP contribution in [0.15, 0.2) is 36.7 Å². The summed E-state index contributed by atoms with van der Waals surface area (Å²) in [7, 11) is 1.68. The van der Waals surface area contributed by atoms with E-state index in [4.69, 9.17) is 4.74 Å². The second-order valence-electron chi connectivity index (χ2n) is 5.32. The number of rotatable bonds is 6. The lowest BCUT2D eigenvalue weighted by molar-refractivity contribution is 0.210. The highest BCUT2D eigenvalue weighted by molar-refractivity contribution is 5.46. The van der Waals surface area contributed by atoms with Crippen molar-refractivity contribution in [3.05, 3.63) is 36.7 Å². The molecule has 0 amide bonds. The second kappa shape index (κ2) is 7.73. The molecule has 0 aromatic carbocycles. The molecule has 0 atom stereocenters. The van der Waals surface area contributed by atoms with Crippen LogP contribution in [0.4, 0.5) is 17.6 Å². The third-order valence-electron chi connectivity index (χ3n) is 3.81. The molecule has 1 fully saturated rings. The Morgan fingerprint density at radius 3 is 2.48 bits per heavy atom. The van der Waals surface area contributed by atoms with E-state index in [1.807, 2.05) is 24.4 Å². The number of nitrogens with zero attached hydrogens (tertiary/aromatic N) is 5. The SMILES string of the molecule is COCCNc1nccc(N2CCN(c3ccccn3)CC2)n1. The summed E-state index contributed by atoms with van der Waals surface area (Å²) < 4.78 is 5.02. The van der Waals surface area contributed by atoms with Gasteiger partial charge >= 0.3 is 0 Å². The van der Waals surface area contributed by atoms with Gasteiger partial charge in [0.1, 0.15) is 11.6 Å². The number of anilines is 3. The molecule has 0 spiro atoms. The van der Waals surface area contributed by atoms with Crippen LogP contribution in [0, 0.1) is 0 Å². The first-order valence-electron chi connectivity index (χ1n) is 7.83. The van der Waals surface area contributed by atoms with Gasteiger partial charge in [-0.25, -0.2) is 9.97 Å². The van der Waals surface area contributed by atoms with Crippen LogP contribution in [0.1, 0.15) is 0 Å². The molecule has 1 aliphatic heterocycles. The van der Waals surface area contributed by atoms with Gasteiger partial charge in [-0.1, -0.05) is 6.07 Å². The van der Waals surface area contributed by atoms with Crippen molar-refractivity contribution in [1.29, 1.82) is 0 Å². The first-order valence-corrected chi connectivity index (χ1v) is 7.83. The first kappa shape index (κ1) is 15.5. The summed E-state index contributed by atoms with van der Waals surface area (Å²) in [4.78, 5) is 17.8. The highest BCUT2D eigenvalue weighted by Crippen LogP contribution is 2.17. The lowest BCUT2D eigenvalue weighted by Gasteiger charge is -2.36. The summed E-state index contributed by atoms with van der Waals surface area (Å²) in [6.45, 7) is 5.06. The molecule has 7 heteroatoms. The normalized spacial score (nSPS) is 14.8. The van der Waals surface area contributed by atoms with Gasteiger partial charge in [0.15, 0.2) is 0 Å². The van der Waals surface area contributed by atoms with Crippen molar-refractivity contribution in [2.75, 3.05) is 61.6 Å². The van der Waals surface area contributed by atoms with E-state index < -0.39 is 0 Å². The fraction of sp³-hybridized carbons (Fsp3) is 0.438. The van der Waals surface area contributed by atoms with Gasteiger partial charge in [0.25, 0.3) is 0 Å².